The van der Waals surface area contributed by atoms with Crippen LogP contribution in [0.2, 0.25) is 0 Å². The van der Waals surface area contributed by atoms with Crippen molar-refractivity contribution in [1.29, 1.82) is 0 Å². The third kappa shape index (κ3) is 4.65. The molecule has 0 spiro atoms. The molecule has 1 rings (SSSR count). The lowest BCUT2D eigenvalue weighted by Gasteiger charge is -2.27. The Morgan fingerprint density at radius 3 is 2.70 bits per heavy atom. The predicted octanol–water partition coefficient (Wildman–Crippen LogP) is 2.89. The Morgan fingerprint density at radius 1 is 1.40 bits per heavy atom. The number of Topliss-reactive ketones (excluding diaryl/α,β-unsaturated/α-hetero) is 1. The Labute approximate surface area is 118 Å². The third-order valence-corrected chi connectivity index (χ3v) is 3.37. The van der Waals surface area contributed by atoms with Gasteiger partial charge in [-0.15, -0.1) is 0 Å². The zero-order chi connectivity index (χ0) is 15.1. The number of benzene rings is 1. The molecule has 1 atom stereocenters. The summed E-state index contributed by atoms with van der Waals surface area (Å²) in [5, 5.41) is 0. The number of carbonyl (C=O) groups excluding carboxylic acids is 1. The zero-order valence-electron chi connectivity index (χ0n) is 12.2. The number of ether oxygens (including phenoxy) is 1. The zero-order valence-corrected chi connectivity index (χ0v) is 12.2. The van der Waals surface area contributed by atoms with Crippen molar-refractivity contribution in [2.45, 2.75) is 26.3 Å². The Hall–Kier alpha value is -1.33. The molecule has 0 fully saturated rings. The van der Waals surface area contributed by atoms with Crippen LogP contribution in [0.3, 0.4) is 0 Å². The van der Waals surface area contributed by atoms with Crippen molar-refractivity contribution in [2.24, 2.45) is 0 Å². The van der Waals surface area contributed by atoms with Gasteiger partial charge in [0, 0.05) is 19.7 Å². The molecular formula is C15H21F2NO2. The molecule has 0 N–H and O–H groups in total. The highest BCUT2D eigenvalue weighted by Gasteiger charge is 2.19. The largest absolute Gasteiger partial charge is 0.383 e. The molecular weight excluding hydrogens is 264 g/mol. The number of hydrogen-bond acceptors (Lipinski definition) is 3. The molecule has 0 amide bonds. The average Bonchev–Trinajstić information content (AvgIpc) is 2.44. The molecule has 0 radical (unpaired) electrons. The van der Waals surface area contributed by atoms with E-state index in [-0.39, 0.29) is 18.2 Å². The van der Waals surface area contributed by atoms with Gasteiger partial charge in [0.15, 0.2) is 5.78 Å². The second kappa shape index (κ2) is 8.07. The van der Waals surface area contributed by atoms with E-state index in [0.717, 1.165) is 24.6 Å². The summed E-state index contributed by atoms with van der Waals surface area (Å²) >= 11 is 0. The third-order valence-electron chi connectivity index (χ3n) is 3.37. The molecule has 0 aliphatic carbocycles. The molecule has 112 valence electrons. The van der Waals surface area contributed by atoms with Gasteiger partial charge in [0.25, 0.3) is 0 Å². The lowest BCUT2D eigenvalue weighted by molar-refractivity contribution is 0.0830. The van der Waals surface area contributed by atoms with Crippen LogP contribution in [0.4, 0.5) is 8.78 Å². The fourth-order valence-electron chi connectivity index (χ4n) is 1.90. The maximum Gasteiger partial charge on any atom is 0.179 e. The van der Waals surface area contributed by atoms with Gasteiger partial charge in [0.05, 0.1) is 18.7 Å². The topological polar surface area (TPSA) is 29.5 Å². The first-order chi connectivity index (χ1) is 9.49. The van der Waals surface area contributed by atoms with Gasteiger partial charge in [0.1, 0.15) is 11.6 Å². The summed E-state index contributed by atoms with van der Waals surface area (Å²) in [5.74, 6) is -1.72. The van der Waals surface area contributed by atoms with Gasteiger partial charge < -0.3 is 4.74 Å². The van der Waals surface area contributed by atoms with Gasteiger partial charge >= 0.3 is 0 Å². The smallest absolute Gasteiger partial charge is 0.179 e. The van der Waals surface area contributed by atoms with Crippen LogP contribution >= 0.6 is 0 Å². The molecule has 0 aromatic heterocycles. The lowest BCUT2D eigenvalue weighted by Crippen LogP contribution is -2.39. The van der Waals surface area contributed by atoms with Gasteiger partial charge in [-0.3, -0.25) is 9.69 Å². The molecule has 0 bridgehead atoms. The Balaban J connectivity index is 2.81. The fourth-order valence-corrected chi connectivity index (χ4v) is 1.90. The number of hydrogen-bond donors (Lipinski definition) is 0. The Morgan fingerprint density at radius 2 is 2.10 bits per heavy atom. The number of carbonyl (C=O) groups is 1. The van der Waals surface area contributed by atoms with Gasteiger partial charge in [0.2, 0.25) is 0 Å². The summed E-state index contributed by atoms with van der Waals surface area (Å²) in [7, 11) is 1.59. The van der Waals surface area contributed by atoms with Gasteiger partial charge in [-0.2, -0.15) is 0 Å². The highest BCUT2D eigenvalue weighted by atomic mass is 19.1. The van der Waals surface area contributed by atoms with E-state index in [1.807, 2.05) is 18.7 Å². The first-order valence-corrected chi connectivity index (χ1v) is 6.70. The molecule has 0 saturated carbocycles. The van der Waals surface area contributed by atoms with Crippen molar-refractivity contribution < 1.29 is 18.3 Å². The fraction of sp³-hybridized carbons (Fsp3) is 0.533. The Kier molecular flexibility index (Phi) is 6.75. The summed E-state index contributed by atoms with van der Waals surface area (Å²) < 4.78 is 31.7. The molecule has 20 heavy (non-hydrogen) atoms. The summed E-state index contributed by atoms with van der Waals surface area (Å²) in [4.78, 5) is 14.0. The van der Waals surface area contributed by atoms with Crippen LogP contribution in [-0.4, -0.2) is 43.5 Å². The molecule has 0 heterocycles. The predicted molar refractivity (Wildman–Crippen MR) is 73.9 cm³/mol. The summed E-state index contributed by atoms with van der Waals surface area (Å²) in [5.41, 5.74) is -0.198. The Bertz CT molecular complexity index is 451. The second-order valence-corrected chi connectivity index (χ2v) is 4.77. The number of methoxy groups -OCH3 is 1. The van der Waals surface area contributed by atoms with Crippen molar-refractivity contribution in [3.63, 3.8) is 0 Å². The van der Waals surface area contributed by atoms with Crippen molar-refractivity contribution in [1.82, 2.24) is 4.90 Å². The summed E-state index contributed by atoms with van der Waals surface area (Å²) in [6, 6.07) is 3.10. The standard InChI is InChI=1S/C15H21F2NO2/c1-4-11(2)18(7-8-20-3)10-15(19)13-9-12(16)5-6-14(13)17/h5-6,9,11H,4,7-8,10H2,1-3H3. The minimum atomic E-state index is -0.688. The van der Waals surface area contributed by atoms with Crippen molar-refractivity contribution in [3.8, 4) is 0 Å². The highest BCUT2D eigenvalue weighted by molar-refractivity contribution is 5.97. The van der Waals surface area contributed by atoms with Crippen molar-refractivity contribution in [2.75, 3.05) is 26.8 Å². The summed E-state index contributed by atoms with van der Waals surface area (Å²) in [6.45, 7) is 5.12. The van der Waals surface area contributed by atoms with Crippen LogP contribution in [0.25, 0.3) is 0 Å². The van der Waals surface area contributed by atoms with Crippen LogP contribution in [-0.2, 0) is 4.74 Å². The van der Waals surface area contributed by atoms with Crippen LogP contribution in [0, 0.1) is 11.6 Å². The molecule has 1 aromatic rings. The molecule has 1 unspecified atom stereocenters. The van der Waals surface area contributed by atoms with Crippen molar-refractivity contribution >= 4 is 5.78 Å². The van der Waals surface area contributed by atoms with E-state index in [9.17, 15) is 13.6 Å². The molecule has 0 aliphatic rings. The van der Waals surface area contributed by atoms with Gasteiger partial charge in [-0.25, -0.2) is 8.78 Å². The molecule has 0 saturated heterocycles. The maximum atomic E-state index is 13.6. The number of rotatable bonds is 8. The van der Waals surface area contributed by atoms with Crippen LogP contribution in [0.5, 0.6) is 0 Å². The molecule has 0 aliphatic heterocycles. The van der Waals surface area contributed by atoms with Crippen LogP contribution < -0.4 is 0 Å². The average molecular weight is 285 g/mol. The SMILES string of the molecule is CCC(C)N(CCOC)CC(=O)c1cc(F)ccc1F. The monoisotopic (exact) mass is 285 g/mol. The van der Waals surface area contributed by atoms with Crippen LogP contribution in [0.1, 0.15) is 30.6 Å². The number of ketones is 1. The van der Waals surface area contributed by atoms with E-state index in [0.29, 0.717) is 13.2 Å². The quantitative estimate of drug-likeness (QED) is 0.688. The molecule has 3 nitrogen and oxygen atoms in total. The normalized spacial score (nSPS) is 12.7. The molecule has 1 aromatic carbocycles. The second-order valence-electron chi connectivity index (χ2n) is 4.77. The summed E-state index contributed by atoms with van der Waals surface area (Å²) in [6.07, 6.45) is 0.864. The van der Waals surface area contributed by atoms with E-state index < -0.39 is 17.4 Å². The van der Waals surface area contributed by atoms with E-state index in [1.54, 1.807) is 7.11 Å². The number of halogens is 2. The van der Waals surface area contributed by atoms with Crippen molar-refractivity contribution in [3.05, 3.63) is 35.4 Å². The van der Waals surface area contributed by atoms with Gasteiger partial charge in [-0.1, -0.05) is 6.92 Å². The number of nitrogens with zero attached hydrogens (tertiary/aromatic N) is 1. The van der Waals surface area contributed by atoms with Crippen LogP contribution in [0.15, 0.2) is 18.2 Å². The lowest BCUT2D eigenvalue weighted by atomic mass is 10.1. The van der Waals surface area contributed by atoms with Gasteiger partial charge in [-0.05, 0) is 31.5 Å². The first kappa shape index (κ1) is 16.7. The maximum absolute atomic E-state index is 13.6. The van der Waals surface area contributed by atoms with E-state index in [1.165, 1.54) is 0 Å². The van der Waals surface area contributed by atoms with E-state index in [4.69, 9.17) is 4.74 Å². The minimum Gasteiger partial charge on any atom is -0.383 e. The van der Waals surface area contributed by atoms with E-state index >= 15 is 0 Å². The van der Waals surface area contributed by atoms with E-state index in [2.05, 4.69) is 0 Å². The first-order valence-electron chi connectivity index (χ1n) is 6.70. The minimum absolute atomic E-state index is 0.0543. The molecule has 5 heteroatoms. The highest BCUT2D eigenvalue weighted by Crippen LogP contribution is 2.12.